The second-order valence-electron chi connectivity index (χ2n) is 6.52. The van der Waals surface area contributed by atoms with Gasteiger partial charge in [-0.15, -0.1) is 12.4 Å². The van der Waals surface area contributed by atoms with E-state index in [0.29, 0.717) is 12.1 Å². The minimum atomic E-state index is -3.61. The molecule has 2 unspecified atom stereocenters. The average molecular weight is 389 g/mol. The molecule has 2 atom stereocenters. The van der Waals surface area contributed by atoms with Gasteiger partial charge in [0.1, 0.15) is 11.9 Å². The van der Waals surface area contributed by atoms with Crippen LogP contribution >= 0.6 is 12.4 Å². The van der Waals surface area contributed by atoms with E-state index in [-0.39, 0.29) is 35.0 Å². The average Bonchev–Trinajstić information content (AvgIpc) is 2.78. The van der Waals surface area contributed by atoms with Crippen molar-refractivity contribution < 1.29 is 13.2 Å². The van der Waals surface area contributed by atoms with Gasteiger partial charge in [0.05, 0.1) is 10.4 Å². The zero-order valence-corrected chi connectivity index (χ0v) is 16.4. The van der Waals surface area contributed by atoms with Crippen molar-refractivity contribution in [2.45, 2.75) is 44.2 Å². The van der Waals surface area contributed by atoms with Crippen molar-refractivity contribution in [2.75, 3.05) is 6.54 Å². The lowest BCUT2D eigenvalue weighted by atomic mass is 9.88. The molecule has 1 aliphatic heterocycles. The molecule has 1 amide bonds. The first-order valence-corrected chi connectivity index (χ1v) is 9.31. The molecule has 1 heterocycles. The number of sulfonamides is 1. The fourth-order valence-corrected chi connectivity index (χ4v) is 3.54. The highest BCUT2D eigenvalue weighted by molar-refractivity contribution is 7.90. The summed E-state index contributed by atoms with van der Waals surface area (Å²) in [5.74, 6) is 0.0389. The minimum Gasteiger partial charge on any atom is -0.348 e. The molecule has 0 saturated carbocycles. The summed E-state index contributed by atoms with van der Waals surface area (Å²) in [6.07, 6.45) is 0. The number of rotatable bonds is 5. The Morgan fingerprint density at radius 3 is 2.48 bits per heavy atom. The van der Waals surface area contributed by atoms with E-state index in [9.17, 15) is 13.2 Å². The predicted molar refractivity (Wildman–Crippen MR) is 100 cm³/mol. The van der Waals surface area contributed by atoms with Crippen LogP contribution in [0, 0.1) is 5.92 Å². The molecule has 1 aromatic carbocycles. The van der Waals surface area contributed by atoms with E-state index in [4.69, 9.17) is 5.73 Å². The van der Waals surface area contributed by atoms with Crippen LogP contribution in [-0.4, -0.2) is 38.3 Å². The molecule has 0 aromatic heterocycles. The minimum absolute atomic E-state index is 0. The first-order valence-electron chi connectivity index (χ1n) is 7.83. The van der Waals surface area contributed by atoms with Crippen LogP contribution in [0.5, 0.6) is 0 Å². The number of benzene rings is 1. The highest BCUT2D eigenvalue weighted by Gasteiger charge is 2.33. The Morgan fingerprint density at radius 1 is 1.32 bits per heavy atom. The van der Waals surface area contributed by atoms with Crippen LogP contribution in [0.2, 0.25) is 0 Å². The van der Waals surface area contributed by atoms with Crippen molar-refractivity contribution in [2.24, 2.45) is 16.6 Å². The number of halogens is 1. The number of aliphatic imine (C=N–C) groups is 1. The standard InChI is InChI=1S/C16H24N4O3S.ClH/c1-10(2)16(4,9-17)19-15(21)11(3)18-14-12-7-5-6-8-13(12)24(22,23)20-14;/h5-8,10-11H,9,17H2,1-4H3,(H,18,20)(H,19,21);1H. The molecule has 0 bridgehead atoms. The molecule has 1 aliphatic rings. The highest BCUT2D eigenvalue weighted by atomic mass is 35.5. The Balaban J connectivity index is 0.00000312. The van der Waals surface area contributed by atoms with Crippen LogP contribution in [0.15, 0.2) is 34.2 Å². The van der Waals surface area contributed by atoms with Crippen LogP contribution in [0.1, 0.15) is 33.3 Å². The van der Waals surface area contributed by atoms with E-state index in [2.05, 4.69) is 15.0 Å². The Kier molecular flexibility index (Phi) is 6.61. The Hall–Kier alpha value is -1.64. The molecule has 0 radical (unpaired) electrons. The van der Waals surface area contributed by atoms with Crippen molar-refractivity contribution in [1.29, 1.82) is 0 Å². The number of fused-ring (bicyclic) bond motifs is 1. The SMILES string of the molecule is CC(N=C1NS(=O)(=O)c2ccccc21)C(=O)NC(C)(CN)C(C)C.Cl. The third-order valence-electron chi connectivity index (χ3n) is 4.47. The van der Waals surface area contributed by atoms with E-state index in [1.54, 1.807) is 25.1 Å². The number of carbonyl (C=O) groups is 1. The summed E-state index contributed by atoms with van der Waals surface area (Å²) < 4.78 is 26.5. The number of carbonyl (C=O) groups excluding carboxylic acids is 1. The lowest BCUT2D eigenvalue weighted by Gasteiger charge is -2.34. The zero-order chi connectivity index (χ0) is 18.1. The Labute approximate surface area is 154 Å². The Bertz CT molecular complexity index is 779. The summed E-state index contributed by atoms with van der Waals surface area (Å²) in [5, 5.41) is 2.91. The van der Waals surface area contributed by atoms with Crippen molar-refractivity contribution in [1.82, 2.24) is 10.0 Å². The molecule has 25 heavy (non-hydrogen) atoms. The molecule has 140 valence electrons. The fraction of sp³-hybridized carbons (Fsp3) is 0.500. The molecule has 0 saturated heterocycles. The van der Waals surface area contributed by atoms with Gasteiger partial charge in [0.2, 0.25) is 5.91 Å². The molecule has 4 N–H and O–H groups in total. The number of amides is 1. The van der Waals surface area contributed by atoms with E-state index < -0.39 is 21.6 Å². The molecule has 0 fully saturated rings. The molecular formula is C16H25ClN4O3S. The van der Waals surface area contributed by atoms with Gasteiger partial charge in [-0.1, -0.05) is 26.0 Å². The maximum Gasteiger partial charge on any atom is 0.263 e. The number of nitrogens with zero attached hydrogens (tertiary/aromatic N) is 1. The van der Waals surface area contributed by atoms with Crippen LogP contribution in [0.4, 0.5) is 0 Å². The van der Waals surface area contributed by atoms with Crippen LogP contribution in [0.25, 0.3) is 0 Å². The normalized spacial score (nSPS) is 20.2. The second-order valence-corrected chi connectivity index (χ2v) is 8.17. The third kappa shape index (κ3) is 4.31. The van der Waals surface area contributed by atoms with Gasteiger partial charge in [-0.3, -0.25) is 14.5 Å². The van der Waals surface area contributed by atoms with Gasteiger partial charge in [0.15, 0.2) is 0 Å². The topological polar surface area (TPSA) is 114 Å². The molecular weight excluding hydrogens is 364 g/mol. The summed E-state index contributed by atoms with van der Waals surface area (Å²) in [6.45, 7) is 7.75. The van der Waals surface area contributed by atoms with E-state index in [1.165, 1.54) is 6.07 Å². The molecule has 1 aromatic rings. The third-order valence-corrected chi connectivity index (χ3v) is 5.87. The lowest BCUT2D eigenvalue weighted by molar-refractivity contribution is -0.124. The van der Waals surface area contributed by atoms with Gasteiger partial charge >= 0.3 is 0 Å². The molecule has 0 spiro atoms. The predicted octanol–water partition coefficient (Wildman–Crippen LogP) is 1.02. The maximum atomic E-state index is 12.4. The van der Waals surface area contributed by atoms with Gasteiger partial charge in [-0.25, -0.2) is 8.42 Å². The van der Waals surface area contributed by atoms with Gasteiger partial charge in [-0.05, 0) is 31.9 Å². The summed E-state index contributed by atoms with van der Waals surface area (Å²) in [4.78, 5) is 16.9. The number of amidine groups is 1. The lowest BCUT2D eigenvalue weighted by Crippen LogP contribution is -2.56. The van der Waals surface area contributed by atoms with Crippen molar-refractivity contribution >= 4 is 34.2 Å². The van der Waals surface area contributed by atoms with Gasteiger partial charge < -0.3 is 11.1 Å². The summed E-state index contributed by atoms with van der Waals surface area (Å²) in [6, 6.07) is 5.79. The fourth-order valence-electron chi connectivity index (χ4n) is 2.30. The first kappa shape index (κ1) is 21.4. The van der Waals surface area contributed by atoms with Gasteiger partial charge in [-0.2, -0.15) is 0 Å². The first-order chi connectivity index (χ1) is 11.1. The van der Waals surface area contributed by atoms with Crippen LogP contribution < -0.4 is 15.8 Å². The quantitative estimate of drug-likeness (QED) is 0.698. The maximum absolute atomic E-state index is 12.4. The molecule has 7 nitrogen and oxygen atoms in total. The van der Waals surface area contributed by atoms with Crippen molar-refractivity contribution in [3.8, 4) is 0 Å². The summed E-state index contributed by atoms with van der Waals surface area (Å²) in [5.41, 5.74) is 5.71. The zero-order valence-electron chi connectivity index (χ0n) is 14.7. The van der Waals surface area contributed by atoms with Crippen LogP contribution in [0.3, 0.4) is 0 Å². The van der Waals surface area contributed by atoms with E-state index >= 15 is 0 Å². The van der Waals surface area contributed by atoms with Crippen molar-refractivity contribution in [3.63, 3.8) is 0 Å². The van der Waals surface area contributed by atoms with E-state index in [0.717, 1.165) is 0 Å². The highest BCUT2D eigenvalue weighted by Crippen LogP contribution is 2.22. The molecule has 0 aliphatic carbocycles. The summed E-state index contributed by atoms with van der Waals surface area (Å²) in [7, 11) is -3.61. The van der Waals surface area contributed by atoms with Gasteiger partial charge in [0.25, 0.3) is 10.0 Å². The van der Waals surface area contributed by atoms with Crippen LogP contribution in [-0.2, 0) is 14.8 Å². The van der Waals surface area contributed by atoms with E-state index in [1.807, 2.05) is 20.8 Å². The van der Waals surface area contributed by atoms with Crippen molar-refractivity contribution in [3.05, 3.63) is 29.8 Å². The molecule has 9 heteroatoms. The smallest absolute Gasteiger partial charge is 0.263 e. The monoisotopic (exact) mass is 388 g/mol. The molecule has 2 rings (SSSR count). The summed E-state index contributed by atoms with van der Waals surface area (Å²) >= 11 is 0. The second kappa shape index (κ2) is 7.72. The number of hydrogen-bond acceptors (Lipinski definition) is 5. The number of hydrogen-bond donors (Lipinski definition) is 3. The van der Waals surface area contributed by atoms with Gasteiger partial charge in [0, 0.05) is 12.1 Å². The Morgan fingerprint density at radius 2 is 1.92 bits per heavy atom. The largest absolute Gasteiger partial charge is 0.348 e. The number of nitrogens with two attached hydrogens (primary N) is 1. The number of nitrogens with one attached hydrogen (secondary N) is 2.